The topological polar surface area (TPSA) is 88.8 Å². The number of halogens is 1. The summed E-state index contributed by atoms with van der Waals surface area (Å²) in [6.45, 7) is 1.21. The van der Waals surface area contributed by atoms with Crippen molar-refractivity contribution < 1.29 is 18.7 Å². The molecule has 2 amide bonds. The van der Waals surface area contributed by atoms with Crippen LogP contribution in [0, 0.1) is 5.82 Å². The molecule has 0 saturated heterocycles. The summed E-state index contributed by atoms with van der Waals surface area (Å²) in [6.07, 6.45) is -0.454. The van der Waals surface area contributed by atoms with Gasteiger partial charge in [-0.25, -0.2) is 14.1 Å². The Kier molecular flexibility index (Phi) is 4.93. The Morgan fingerprint density at radius 1 is 1.16 bits per heavy atom. The second kappa shape index (κ2) is 7.92. The van der Waals surface area contributed by atoms with Crippen molar-refractivity contribution in [2.24, 2.45) is 4.99 Å². The Morgan fingerprint density at radius 3 is 2.69 bits per heavy atom. The fourth-order valence-corrected chi connectivity index (χ4v) is 3.86. The minimum absolute atomic E-state index is 0.127. The molecule has 0 saturated carbocycles. The van der Waals surface area contributed by atoms with E-state index in [0.29, 0.717) is 30.3 Å². The maximum Gasteiger partial charge on any atom is 0.273 e. The highest BCUT2D eigenvalue weighted by Crippen LogP contribution is 2.28. The maximum atomic E-state index is 14.7. The average Bonchev–Trinajstić information content (AvgIpc) is 3.22. The Hall–Kier alpha value is -4.01. The fraction of sp³-hybridized carbons (Fsp3) is 0.217. The van der Waals surface area contributed by atoms with E-state index in [9.17, 15) is 14.0 Å². The highest BCUT2D eigenvalue weighted by Gasteiger charge is 2.32. The first-order valence-electron chi connectivity index (χ1n) is 10.2. The summed E-state index contributed by atoms with van der Waals surface area (Å²) in [5.41, 5.74) is 1.82. The largest absolute Gasteiger partial charge is 0.478 e. The van der Waals surface area contributed by atoms with Gasteiger partial charge in [0.05, 0.1) is 18.0 Å². The molecule has 162 valence electrons. The van der Waals surface area contributed by atoms with E-state index in [1.807, 2.05) is 0 Å². The SMILES string of the molecule is CN1C(=O)C(NC(=O)c2cc3n(n2)CCCO3)N=C(c2ccccc2F)c2ccccc21. The van der Waals surface area contributed by atoms with Gasteiger partial charge in [-0.05, 0) is 18.2 Å². The fourth-order valence-electron chi connectivity index (χ4n) is 3.86. The smallest absolute Gasteiger partial charge is 0.273 e. The van der Waals surface area contributed by atoms with Crippen molar-refractivity contribution in [2.75, 3.05) is 18.6 Å². The number of aliphatic imine (C=N–C) groups is 1. The van der Waals surface area contributed by atoms with Gasteiger partial charge in [0, 0.05) is 37.2 Å². The van der Waals surface area contributed by atoms with Gasteiger partial charge in [-0.2, -0.15) is 5.10 Å². The number of carbonyl (C=O) groups is 2. The van der Waals surface area contributed by atoms with Gasteiger partial charge >= 0.3 is 0 Å². The van der Waals surface area contributed by atoms with Crippen LogP contribution in [0.4, 0.5) is 10.1 Å². The molecule has 1 unspecified atom stereocenters. The van der Waals surface area contributed by atoms with Crippen LogP contribution in [-0.4, -0.2) is 47.1 Å². The van der Waals surface area contributed by atoms with Crippen LogP contribution in [0.2, 0.25) is 0 Å². The molecule has 1 N–H and O–H groups in total. The van der Waals surface area contributed by atoms with Gasteiger partial charge in [0.2, 0.25) is 12.0 Å². The van der Waals surface area contributed by atoms with Crippen LogP contribution in [0.5, 0.6) is 5.88 Å². The van der Waals surface area contributed by atoms with Gasteiger partial charge in [0.25, 0.3) is 11.8 Å². The average molecular weight is 433 g/mol. The Labute approximate surface area is 183 Å². The van der Waals surface area contributed by atoms with Crippen LogP contribution >= 0.6 is 0 Å². The van der Waals surface area contributed by atoms with E-state index in [-0.39, 0.29) is 17.0 Å². The molecule has 2 aliphatic rings. The summed E-state index contributed by atoms with van der Waals surface area (Å²) in [7, 11) is 1.60. The number of benzene rings is 2. The molecular weight excluding hydrogens is 413 g/mol. The molecular formula is C23H20FN5O3. The van der Waals surface area contributed by atoms with Crippen LogP contribution in [0.15, 0.2) is 59.6 Å². The predicted octanol–water partition coefficient (Wildman–Crippen LogP) is 2.37. The second-order valence-electron chi connectivity index (χ2n) is 7.54. The number of aromatic nitrogens is 2. The number of para-hydroxylation sites is 1. The summed E-state index contributed by atoms with van der Waals surface area (Å²) in [5.74, 6) is -0.974. The molecule has 3 aromatic rings. The molecule has 2 aromatic carbocycles. The van der Waals surface area contributed by atoms with Crippen molar-refractivity contribution in [3.8, 4) is 5.88 Å². The van der Waals surface area contributed by atoms with E-state index in [0.717, 1.165) is 6.42 Å². The Bertz CT molecular complexity index is 1230. The van der Waals surface area contributed by atoms with Crippen molar-refractivity contribution in [3.05, 3.63) is 77.2 Å². The number of hydrogen-bond donors (Lipinski definition) is 1. The highest BCUT2D eigenvalue weighted by atomic mass is 19.1. The summed E-state index contributed by atoms with van der Waals surface area (Å²) in [4.78, 5) is 32.0. The van der Waals surface area contributed by atoms with E-state index in [4.69, 9.17) is 4.74 Å². The predicted molar refractivity (Wildman–Crippen MR) is 115 cm³/mol. The van der Waals surface area contributed by atoms with Crippen molar-refractivity contribution in [1.29, 1.82) is 0 Å². The molecule has 8 nitrogen and oxygen atoms in total. The summed E-state index contributed by atoms with van der Waals surface area (Å²) >= 11 is 0. The molecule has 1 aromatic heterocycles. The van der Waals surface area contributed by atoms with Crippen molar-refractivity contribution in [2.45, 2.75) is 19.1 Å². The third-order valence-corrected chi connectivity index (χ3v) is 5.48. The van der Waals surface area contributed by atoms with Crippen LogP contribution in [0.25, 0.3) is 0 Å². The first kappa shape index (κ1) is 19.9. The molecule has 9 heteroatoms. The van der Waals surface area contributed by atoms with Gasteiger partial charge in [-0.3, -0.25) is 9.59 Å². The molecule has 0 spiro atoms. The number of aryl methyl sites for hydroxylation is 1. The van der Waals surface area contributed by atoms with Gasteiger partial charge in [-0.1, -0.05) is 30.3 Å². The lowest BCUT2D eigenvalue weighted by Crippen LogP contribution is -2.46. The number of amides is 2. The number of hydrogen-bond acceptors (Lipinski definition) is 5. The molecule has 0 radical (unpaired) electrons. The number of ether oxygens (including phenoxy) is 1. The first-order chi connectivity index (χ1) is 15.5. The number of nitrogens with zero attached hydrogens (tertiary/aromatic N) is 4. The van der Waals surface area contributed by atoms with Gasteiger partial charge in [0.15, 0.2) is 5.69 Å². The van der Waals surface area contributed by atoms with Gasteiger partial charge in [-0.15, -0.1) is 0 Å². The van der Waals surface area contributed by atoms with Gasteiger partial charge < -0.3 is 15.0 Å². The lowest BCUT2D eigenvalue weighted by Gasteiger charge is -2.20. The summed E-state index contributed by atoms with van der Waals surface area (Å²) in [6, 6.07) is 14.9. The molecule has 32 heavy (non-hydrogen) atoms. The third kappa shape index (κ3) is 3.41. The van der Waals surface area contributed by atoms with Gasteiger partial charge in [0.1, 0.15) is 5.82 Å². The number of nitrogens with one attached hydrogen (secondary N) is 1. The number of likely N-dealkylation sites (N-methyl/N-ethyl adjacent to an activating group) is 1. The second-order valence-corrected chi connectivity index (χ2v) is 7.54. The third-order valence-electron chi connectivity index (χ3n) is 5.48. The molecule has 0 aliphatic carbocycles. The quantitative estimate of drug-likeness (QED) is 0.687. The number of anilines is 1. The van der Waals surface area contributed by atoms with Crippen LogP contribution in [0.3, 0.4) is 0 Å². The molecule has 3 heterocycles. The van der Waals surface area contributed by atoms with E-state index in [1.54, 1.807) is 54.2 Å². The van der Waals surface area contributed by atoms with Crippen molar-refractivity contribution >= 4 is 23.2 Å². The van der Waals surface area contributed by atoms with E-state index < -0.39 is 23.8 Å². The molecule has 0 bridgehead atoms. The number of rotatable bonds is 3. The van der Waals surface area contributed by atoms with Crippen molar-refractivity contribution in [3.63, 3.8) is 0 Å². The van der Waals surface area contributed by atoms with Crippen LogP contribution < -0.4 is 15.0 Å². The minimum Gasteiger partial charge on any atom is -0.478 e. The lowest BCUT2D eigenvalue weighted by atomic mass is 10.00. The molecule has 5 rings (SSSR count). The molecule has 0 fully saturated rings. The summed E-state index contributed by atoms with van der Waals surface area (Å²) < 4.78 is 21.8. The zero-order valence-corrected chi connectivity index (χ0v) is 17.3. The van der Waals surface area contributed by atoms with Crippen LogP contribution in [-0.2, 0) is 11.3 Å². The Balaban J connectivity index is 1.55. The zero-order chi connectivity index (χ0) is 22.2. The Morgan fingerprint density at radius 2 is 1.91 bits per heavy atom. The maximum absolute atomic E-state index is 14.7. The minimum atomic E-state index is -1.26. The number of fused-ring (bicyclic) bond motifs is 2. The van der Waals surface area contributed by atoms with Crippen molar-refractivity contribution in [1.82, 2.24) is 15.1 Å². The zero-order valence-electron chi connectivity index (χ0n) is 17.3. The lowest BCUT2D eigenvalue weighted by molar-refractivity contribution is -0.119. The van der Waals surface area contributed by atoms with E-state index in [2.05, 4.69) is 15.4 Å². The van der Waals surface area contributed by atoms with E-state index >= 15 is 0 Å². The first-order valence-corrected chi connectivity index (χ1v) is 10.2. The number of carbonyl (C=O) groups excluding carboxylic acids is 2. The normalized spacial score (nSPS) is 17.6. The van der Waals surface area contributed by atoms with E-state index in [1.165, 1.54) is 17.0 Å². The summed E-state index contributed by atoms with van der Waals surface area (Å²) in [5, 5.41) is 6.91. The number of benzodiazepines with no additional fused rings is 1. The monoisotopic (exact) mass is 433 g/mol. The standard InChI is InChI=1S/C23H20FN5O3/c1-28-18-10-5-3-8-15(18)20(14-7-2-4-9-16(14)24)25-21(23(28)31)26-22(30)17-13-19-29(27-17)11-6-12-32-19/h2-5,7-10,13,21H,6,11-12H2,1H3,(H,26,30). The molecule has 1 atom stereocenters. The van der Waals surface area contributed by atoms with Crippen LogP contribution in [0.1, 0.15) is 28.0 Å². The highest BCUT2D eigenvalue weighted by molar-refractivity contribution is 6.20. The molecule has 2 aliphatic heterocycles.